The molecule has 27 heavy (non-hydrogen) atoms. The van der Waals surface area contributed by atoms with Crippen molar-refractivity contribution in [2.75, 3.05) is 18.1 Å². The van der Waals surface area contributed by atoms with Gasteiger partial charge in [-0.2, -0.15) is 0 Å². The van der Waals surface area contributed by atoms with Crippen molar-refractivity contribution in [3.05, 3.63) is 41.7 Å². The molecule has 2 aromatic rings. The molecule has 0 saturated carbocycles. The highest BCUT2D eigenvalue weighted by atomic mass is 32.2. The lowest BCUT2D eigenvalue weighted by molar-refractivity contribution is 0.102. The number of hydrogen-bond acceptors (Lipinski definition) is 8. The maximum atomic E-state index is 12.3. The van der Waals surface area contributed by atoms with Crippen molar-refractivity contribution >= 4 is 27.7 Å². The maximum Gasteiger partial charge on any atom is 0.278 e. The summed E-state index contributed by atoms with van der Waals surface area (Å²) in [6.07, 6.45) is 1.24. The number of amides is 1. The summed E-state index contributed by atoms with van der Waals surface area (Å²) in [4.78, 5) is 24.7. The zero-order valence-corrected chi connectivity index (χ0v) is 15.2. The number of anilines is 1. The molecule has 3 heterocycles. The second-order valence-electron chi connectivity index (χ2n) is 6.08. The van der Waals surface area contributed by atoms with Gasteiger partial charge in [-0.25, -0.2) is 27.7 Å². The smallest absolute Gasteiger partial charge is 0.278 e. The average Bonchev–Trinajstić information content (AvgIpc) is 2.99. The maximum absolute atomic E-state index is 12.3. The number of carbonyl (C=O) groups is 1. The van der Waals surface area contributed by atoms with Gasteiger partial charge in [0.1, 0.15) is 23.4 Å². The molecule has 146 valence electrons. The monoisotopic (exact) mass is 394 g/mol. The largest absolute Gasteiger partial charge is 0.448 e. The van der Waals surface area contributed by atoms with E-state index in [4.69, 9.17) is 10.2 Å². The number of nitrogens with two attached hydrogens (primary N) is 1. The minimum atomic E-state index is -3.61. The van der Waals surface area contributed by atoms with Gasteiger partial charge < -0.3 is 15.5 Å². The Kier molecular flexibility index (Phi) is 5.27. The number of rotatable bonds is 3. The minimum Gasteiger partial charge on any atom is -0.448 e. The van der Waals surface area contributed by atoms with Gasteiger partial charge in [-0.05, 0) is 19.1 Å². The fraction of sp³-hybridized carbons (Fsp3) is 0.375. The van der Waals surface area contributed by atoms with Gasteiger partial charge in [-0.1, -0.05) is 13.5 Å². The molecule has 3 rings (SSSR count). The normalized spacial score (nSPS) is 21.1. The molecular weight excluding hydrogens is 372 g/mol. The number of aliphatic imine (C=N–C) groups is 1. The third-order valence-corrected chi connectivity index (χ3v) is 5.91. The average molecular weight is 394 g/mol. The van der Waals surface area contributed by atoms with Crippen molar-refractivity contribution in [3.8, 4) is 0 Å². The van der Waals surface area contributed by atoms with E-state index in [1.165, 1.54) is 13.3 Å². The van der Waals surface area contributed by atoms with E-state index in [-0.39, 0.29) is 30.7 Å². The highest BCUT2D eigenvalue weighted by molar-refractivity contribution is 7.89. The van der Waals surface area contributed by atoms with Gasteiger partial charge in [-0.15, -0.1) is 0 Å². The molecule has 0 unspecified atom stereocenters. The third-order valence-electron chi connectivity index (χ3n) is 3.96. The van der Waals surface area contributed by atoms with Gasteiger partial charge in [0, 0.05) is 14.0 Å². The number of guanidine groups is 1. The zero-order chi connectivity index (χ0) is 19.1. The molecule has 10 nitrogen and oxygen atoms in total. The SMILES string of the molecule is C.Cc1nc(C(=O)Nc2cccc([C@]3(C)CS(=O)(=O)N(C)C(N)=N3)n2)co1. The van der Waals surface area contributed by atoms with Crippen LogP contribution in [0.2, 0.25) is 0 Å². The molecule has 0 aromatic carbocycles. The van der Waals surface area contributed by atoms with Gasteiger partial charge in [-0.3, -0.25) is 4.79 Å². The summed E-state index contributed by atoms with van der Waals surface area (Å²) in [7, 11) is -2.27. The fourth-order valence-corrected chi connectivity index (χ4v) is 3.98. The quantitative estimate of drug-likeness (QED) is 0.792. The van der Waals surface area contributed by atoms with Crippen LogP contribution < -0.4 is 11.1 Å². The summed E-state index contributed by atoms with van der Waals surface area (Å²) >= 11 is 0. The summed E-state index contributed by atoms with van der Waals surface area (Å²) in [6.45, 7) is 3.25. The standard InChI is InChI=1S/C15H18N6O4S.CH4/c1-9-17-10(7-25-9)13(22)19-12-6-4-5-11(18-12)15(2)8-26(23,24)21(3)14(16)20-15;/h4-7H,8H2,1-3H3,(H2,16,20)(H,18,19,22);1H4/t15-;/m0./s1. The lowest BCUT2D eigenvalue weighted by Crippen LogP contribution is -2.50. The number of aromatic nitrogens is 2. The van der Waals surface area contributed by atoms with Crippen molar-refractivity contribution in [1.29, 1.82) is 0 Å². The van der Waals surface area contributed by atoms with Crippen LogP contribution in [-0.2, 0) is 15.6 Å². The lowest BCUT2D eigenvalue weighted by atomic mass is 10.0. The first-order chi connectivity index (χ1) is 12.1. The van der Waals surface area contributed by atoms with Crippen molar-refractivity contribution in [3.63, 3.8) is 0 Å². The predicted octanol–water partition coefficient (Wildman–Crippen LogP) is 1.07. The van der Waals surface area contributed by atoms with Gasteiger partial charge in [0.25, 0.3) is 5.91 Å². The topological polar surface area (TPSA) is 144 Å². The molecule has 0 saturated heterocycles. The zero-order valence-electron chi connectivity index (χ0n) is 14.4. The highest BCUT2D eigenvalue weighted by Crippen LogP contribution is 2.31. The second-order valence-corrected chi connectivity index (χ2v) is 8.08. The summed E-state index contributed by atoms with van der Waals surface area (Å²) in [5.41, 5.74) is 5.06. The summed E-state index contributed by atoms with van der Waals surface area (Å²) in [6, 6.07) is 4.86. The first-order valence-electron chi connectivity index (χ1n) is 7.64. The van der Waals surface area contributed by atoms with E-state index in [2.05, 4.69) is 20.3 Å². The van der Waals surface area contributed by atoms with Crippen LogP contribution in [0.3, 0.4) is 0 Å². The minimum absolute atomic E-state index is 0. The number of hydrogen-bond donors (Lipinski definition) is 2. The molecule has 0 bridgehead atoms. The summed E-state index contributed by atoms with van der Waals surface area (Å²) in [5, 5.41) is 2.60. The lowest BCUT2D eigenvalue weighted by Gasteiger charge is -2.33. The van der Waals surface area contributed by atoms with Gasteiger partial charge >= 0.3 is 0 Å². The number of pyridine rings is 1. The first-order valence-corrected chi connectivity index (χ1v) is 9.25. The molecule has 1 aliphatic rings. The number of carbonyl (C=O) groups excluding carboxylic acids is 1. The van der Waals surface area contributed by atoms with Gasteiger partial charge in [0.05, 0.1) is 5.69 Å². The van der Waals surface area contributed by atoms with E-state index in [9.17, 15) is 13.2 Å². The molecule has 1 aliphatic heterocycles. The van der Waals surface area contributed by atoms with Gasteiger partial charge in [0.15, 0.2) is 11.6 Å². The van der Waals surface area contributed by atoms with Crippen LogP contribution in [0, 0.1) is 6.92 Å². The van der Waals surface area contributed by atoms with E-state index in [1.807, 2.05) is 0 Å². The van der Waals surface area contributed by atoms with Crippen molar-refractivity contribution < 1.29 is 17.6 Å². The molecule has 1 amide bonds. The van der Waals surface area contributed by atoms with E-state index < -0.39 is 21.5 Å². The van der Waals surface area contributed by atoms with Crippen LogP contribution in [0.4, 0.5) is 5.82 Å². The highest BCUT2D eigenvalue weighted by Gasteiger charge is 2.41. The van der Waals surface area contributed by atoms with Crippen LogP contribution in [0.15, 0.2) is 33.9 Å². The summed E-state index contributed by atoms with van der Waals surface area (Å²) in [5.74, 6) is -0.293. The van der Waals surface area contributed by atoms with Crippen LogP contribution in [-0.4, -0.2) is 47.4 Å². The van der Waals surface area contributed by atoms with Crippen molar-refractivity contribution in [1.82, 2.24) is 14.3 Å². The van der Waals surface area contributed by atoms with Gasteiger partial charge in [0.2, 0.25) is 16.0 Å². The fourth-order valence-electron chi connectivity index (χ4n) is 2.53. The molecule has 11 heteroatoms. The van der Waals surface area contributed by atoms with Crippen LogP contribution in [0.5, 0.6) is 0 Å². The molecule has 3 N–H and O–H groups in total. The Balaban J connectivity index is 0.00000261. The third kappa shape index (κ3) is 3.92. The van der Waals surface area contributed by atoms with E-state index in [0.29, 0.717) is 11.6 Å². The Morgan fingerprint density at radius 2 is 2.07 bits per heavy atom. The number of nitrogens with one attached hydrogen (secondary N) is 1. The molecule has 0 aliphatic carbocycles. The molecule has 2 aromatic heterocycles. The molecule has 1 atom stereocenters. The van der Waals surface area contributed by atoms with Crippen LogP contribution >= 0.6 is 0 Å². The Hall–Kier alpha value is -2.95. The van der Waals surface area contributed by atoms with Crippen molar-refractivity contribution in [2.45, 2.75) is 26.8 Å². The summed E-state index contributed by atoms with van der Waals surface area (Å²) < 4.78 is 30.5. The van der Waals surface area contributed by atoms with E-state index in [0.717, 1.165) is 4.31 Å². The Bertz CT molecular complexity index is 1000. The number of nitrogens with zero attached hydrogens (tertiary/aromatic N) is 4. The predicted molar refractivity (Wildman–Crippen MR) is 101 cm³/mol. The van der Waals surface area contributed by atoms with Crippen LogP contribution in [0.1, 0.15) is 36.4 Å². The molecule has 0 spiro atoms. The second kappa shape index (κ2) is 6.99. The number of sulfonamides is 1. The molecular formula is C16H22N6O4S. The Morgan fingerprint density at radius 3 is 2.67 bits per heavy atom. The number of aryl methyl sites for hydroxylation is 1. The molecule has 0 radical (unpaired) electrons. The molecule has 0 fully saturated rings. The number of oxazole rings is 1. The van der Waals surface area contributed by atoms with Crippen LogP contribution in [0.25, 0.3) is 0 Å². The van der Waals surface area contributed by atoms with Crippen molar-refractivity contribution in [2.24, 2.45) is 10.7 Å². The Morgan fingerprint density at radius 1 is 1.37 bits per heavy atom. The van der Waals surface area contributed by atoms with E-state index in [1.54, 1.807) is 32.0 Å². The first kappa shape index (κ1) is 20.4. The van der Waals surface area contributed by atoms with E-state index >= 15 is 0 Å². The Labute approximate surface area is 157 Å².